The van der Waals surface area contributed by atoms with Crippen LogP contribution in [0.2, 0.25) is 0 Å². The minimum atomic E-state index is -0.871. The fraction of sp³-hybridized carbons (Fsp3) is 0.250. The Morgan fingerprint density at radius 1 is 1.00 bits per heavy atom. The van der Waals surface area contributed by atoms with E-state index in [1.54, 1.807) is 36.4 Å². The van der Waals surface area contributed by atoms with Crippen molar-refractivity contribution in [3.63, 3.8) is 0 Å². The van der Waals surface area contributed by atoms with Crippen LogP contribution in [0.5, 0.6) is 11.5 Å². The summed E-state index contributed by atoms with van der Waals surface area (Å²) in [4.78, 5) is 37.3. The minimum absolute atomic E-state index is 0.0199. The second-order valence-corrected chi connectivity index (χ2v) is 6.95. The van der Waals surface area contributed by atoms with Gasteiger partial charge < -0.3 is 15.2 Å². The molecule has 154 valence electrons. The number of methoxy groups -OCH3 is 1. The van der Waals surface area contributed by atoms with Crippen molar-refractivity contribution in [2.24, 2.45) is 0 Å². The highest BCUT2D eigenvalue weighted by atomic mass is 32.2. The van der Waals surface area contributed by atoms with Crippen LogP contribution in [-0.2, 0) is 4.79 Å². The Labute approximate surface area is 173 Å². The fourth-order valence-corrected chi connectivity index (χ4v) is 2.98. The van der Waals surface area contributed by atoms with Crippen molar-refractivity contribution in [2.75, 3.05) is 19.1 Å². The molecule has 29 heavy (non-hydrogen) atoms. The van der Waals surface area contributed by atoms with E-state index in [4.69, 9.17) is 4.74 Å². The van der Waals surface area contributed by atoms with Gasteiger partial charge in [0.05, 0.1) is 18.2 Å². The average Bonchev–Trinajstić information content (AvgIpc) is 2.74. The normalized spacial score (nSPS) is 11.2. The zero-order chi connectivity index (χ0) is 21.2. The molecule has 0 aliphatic heterocycles. The second kappa shape index (κ2) is 11.0. The predicted octanol–water partition coefficient (Wildman–Crippen LogP) is 1.71. The molecule has 0 saturated heterocycles. The summed E-state index contributed by atoms with van der Waals surface area (Å²) in [6.07, 6.45) is 2.25. The molecule has 8 nitrogen and oxygen atoms in total. The summed E-state index contributed by atoms with van der Waals surface area (Å²) in [5, 5.41) is 12.4. The van der Waals surface area contributed by atoms with E-state index < -0.39 is 23.8 Å². The number of carbonyl (C=O) groups is 3. The van der Waals surface area contributed by atoms with Crippen molar-refractivity contribution >= 4 is 29.5 Å². The van der Waals surface area contributed by atoms with Gasteiger partial charge >= 0.3 is 0 Å². The summed E-state index contributed by atoms with van der Waals surface area (Å²) < 4.78 is 5.18. The average molecular weight is 417 g/mol. The summed E-state index contributed by atoms with van der Waals surface area (Å²) >= 11 is 1.52. The number of hydrogen-bond donors (Lipinski definition) is 4. The smallest absolute Gasteiger partial charge is 0.273 e. The van der Waals surface area contributed by atoms with Crippen LogP contribution in [0, 0.1) is 0 Å². The molecule has 0 heterocycles. The molecule has 0 aromatic heterocycles. The number of phenols is 1. The Kier molecular flexibility index (Phi) is 8.35. The number of phenolic OH excluding ortho intramolecular Hbond substituents is 1. The maximum Gasteiger partial charge on any atom is 0.273 e. The van der Waals surface area contributed by atoms with Gasteiger partial charge in [-0.2, -0.15) is 11.8 Å². The van der Waals surface area contributed by atoms with Gasteiger partial charge in [-0.1, -0.05) is 24.3 Å². The molecule has 3 amide bonds. The first-order valence-corrected chi connectivity index (χ1v) is 10.2. The van der Waals surface area contributed by atoms with Crippen LogP contribution in [0.3, 0.4) is 0 Å². The molecular weight excluding hydrogens is 394 g/mol. The second-order valence-electron chi connectivity index (χ2n) is 5.97. The summed E-state index contributed by atoms with van der Waals surface area (Å²) in [6.45, 7) is 0. The molecule has 0 bridgehead atoms. The first kappa shape index (κ1) is 22.1. The third kappa shape index (κ3) is 6.15. The van der Waals surface area contributed by atoms with Crippen LogP contribution >= 0.6 is 11.8 Å². The SMILES string of the molecule is COc1ccccc1C(=O)N[C@@H](CCSC)C(=O)NNC(=O)c1ccccc1O. The molecule has 0 unspecified atom stereocenters. The Morgan fingerprint density at radius 3 is 2.31 bits per heavy atom. The molecule has 0 fully saturated rings. The Balaban J connectivity index is 2.04. The molecule has 0 aliphatic carbocycles. The van der Waals surface area contributed by atoms with Crippen molar-refractivity contribution in [2.45, 2.75) is 12.5 Å². The molecule has 0 aliphatic rings. The van der Waals surface area contributed by atoms with E-state index in [0.717, 1.165) is 0 Å². The van der Waals surface area contributed by atoms with Crippen molar-refractivity contribution in [1.82, 2.24) is 16.2 Å². The van der Waals surface area contributed by atoms with Crippen LogP contribution in [0.25, 0.3) is 0 Å². The van der Waals surface area contributed by atoms with Gasteiger partial charge in [-0.05, 0) is 42.7 Å². The molecule has 0 radical (unpaired) electrons. The monoisotopic (exact) mass is 417 g/mol. The number of nitrogens with one attached hydrogen (secondary N) is 3. The number of ether oxygens (including phenoxy) is 1. The van der Waals surface area contributed by atoms with Crippen LogP contribution in [0.4, 0.5) is 0 Å². The first-order valence-electron chi connectivity index (χ1n) is 8.79. The third-order valence-corrected chi connectivity index (χ3v) is 4.68. The zero-order valence-corrected chi connectivity index (χ0v) is 16.9. The third-order valence-electron chi connectivity index (χ3n) is 4.03. The molecule has 0 saturated carbocycles. The maximum absolute atomic E-state index is 12.6. The van der Waals surface area contributed by atoms with E-state index in [1.165, 1.54) is 31.0 Å². The van der Waals surface area contributed by atoms with Gasteiger partial charge in [-0.3, -0.25) is 25.2 Å². The van der Waals surface area contributed by atoms with E-state index in [9.17, 15) is 19.5 Å². The van der Waals surface area contributed by atoms with Crippen LogP contribution in [0.1, 0.15) is 27.1 Å². The Bertz CT molecular complexity index is 875. The van der Waals surface area contributed by atoms with E-state index in [2.05, 4.69) is 16.2 Å². The fourth-order valence-electron chi connectivity index (χ4n) is 2.51. The number of benzene rings is 2. The Morgan fingerprint density at radius 2 is 1.66 bits per heavy atom. The number of para-hydroxylation sites is 2. The summed E-state index contributed by atoms with van der Waals surface area (Å²) in [6, 6.07) is 11.8. The number of amides is 3. The number of aromatic hydroxyl groups is 1. The van der Waals surface area contributed by atoms with E-state index in [-0.39, 0.29) is 11.3 Å². The summed E-state index contributed by atoms with van der Waals surface area (Å²) in [7, 11) is 1.46. The van der Waals surface area contributed by atoms with E-state index in [0.29, 0.717) is 23.5 Å². The number of hydrogen-bond acceptors (Lipinski definition) is 6. The van der Waals surface area contributed by atoms with Crippen molar-refractivity contribution < 1.29 is 24.2 Å². The summed E-state index contributed by atoms with van der Waals surface area (Å²) in [5.41, 5.74) is 4.87. The molecule has 9 heteroatoms. The van der Waals surface area contributed by atoms with E-state index in [1.807, 2.05) is 6.26 Å². The van der Waals surface area contributed by atoms with Gasteiger partial charge in [0.2, 0.25) is 0 Å². The molecule has 4 N–H and O–H groups in total. The number of thioether (sulfide) groups is 1. The van der Waals surface area contributed by atoms with Crippen LogP contribution in [0.15, 0.2) is 48.5 Å². The zero-order valence-electron chi connectivity index (χ0n) is 16.1. The lowest BCUT2D eigenvalue weighted by Crippen LogP contribution is -2.52. The molecule has 2 aromatic carbocycles. The lowest BCUT2D eigenvalue weighted by atomic mass is 10.1. The molecule has 2 aromatic rings. The van der Waals surface area contributed by atoms with Gasteiger partial charge in [-0.15, -0.1) is 0 Å². The number of rotatable bonds is 8. The highest BCUT2D eigenvalue weighted by molar-refractivity contribution is 7.98. The van der Waals surface area contributed by atoms with Crippen LogP contribution < -0.4 is 20.9 Å². The first-order chi connectivity index (χ1) is 14.0. The highest BCUT2D eigenvalue weighted by Gasteiger charge is 2.23. The largest absolute Gasteiger partial charge is 0.507 e. The van der Waals surface area contributed by atoms with Crippen molar-refractivity contribution in [3.8, 4) is 11.5 Å². The van der Waals surface area contributed by atoms with Gasteiger partial charge in [0, 0.05) is 0 Å². The molecular formula is C20H23N3O5S. The molecule has 0 spiro atoms. The quantitative estimate of drug-likeness (QED) is 0.486. The lowest BCUT2D eigenvalue weighted by Gasteiger charge is -2.19. The van der Waals surface area contributed by atoms with Crippen LogP contribution in [-0.4, -0.2) is 48.0 Å². The predicted molar refractivity (Wildman–Crippen MR) is 111 cm³/mol. The van der Waals surface area contributed by atoms with Crippen molar-refractivity contribution in [1.29, 1.82) is 0 Å². The standard InChI is InChI=1S/C20H23N3O5S/c1-28-17-10-6-4-8-14(17)18(25)21-15(11-12-29-2)20(27)23-22-19(26)13-7-3-5-9-16(13)24/h3-10,15,24H,11-12H2,1-2H3,(H,21,25)(H,22,26)(H,23,27)/t15-/m0/s1. The number of hydrazine groups is 1. The van der Waals surface area contributed by atoms with Gasteiger partial charge in [0.15, 0.2) is 0 Å². The van der Waals surface area contributed by atoms with Gasteiger partial charge in [0.1, 0.15) is 17.5 Å². The Hall–Kier alpha value is -3.20. The van der Waals surface area contributed by atoms with Gasteiger partial charge in [-0.25, -0.2) is 0 Å². The number of carbonyl (C=O) groups excluding carboxylic acids is 3. The van der Waals surface area contributed by atoms with Crippen molar-refractivity contribution in [3.05, 3.63) is 59.7 Å². The lowest BCUT2D eigenvalue weighted by molar-refractivity contribution is -0.123. The molecule has 1 atom stereocenters. The van der Waals surface area contributed by atoms with Gasteiger partial charge in [0.25, 0.3) is 17.7 Å². The highest BCUT2D eigenvalue weighted by Crippen LogP contribution is 2.17. The van der Waals surface area contributed by atoms with E-state index >= 15 is 0 Å². The molecule has 2 rings (SSSR count). The summed E-state index contributed by atoms with van der Waals surface area (Å²) in [5.74, 6) is -0.903. The topological polar surface area (TPSA) is 117 Å². The maximum atomic E-state index is 12.6. The minimum Gasteiger partial charge on any atom is -0.507 e.